The number of ether oxygens (including phenoxy) is 1. The molecule has 0 spiro atoms. The van der Waals surface area contributed by atoms with Crippen molar-refractivity contribution >= 4 is 21.8 Å². The third-order valence-electron chi connectivity index (χ3n) is 9.87. The molecular weight excluding hydrogens is 649 g/mol. The molecule has 0 aliphatic heterocycles. The lowest BCUT2D eigenvalue weighted by Crippen LogP contribution is -2.39. The molecule has 272 valence electrons. The summed E-state index contributed by atoms with van der Waals surface area (Å²) < 4.78 is 13.3. The summed E-state index contributed by atoms with van der Waals surface area (Å²) in [5.41, 5.74) is 9.45. The number of nitrogens with zero attached hydrogens (tertiary/aromatic N) is 4. The van der Waals surface area contributed by atoms with Crippen LogP contribution in [-0.2, 0) is 23.7 Å². The second kappa shape index (κ2) is 14.0. The van der Waals surface area contributed by atoms with Crippen molar-refractivity contribution in [2.24, 2.45) is 11.8 Å². The molecule has 0 radical (unpaired) electrons. The van der Waals surface area contributed by atoms with Crippen LogP contribution in [0.2, 0.25) is 0 Å². The molecule has 0 saturated heterocycles. The Morgan fingerprint density at radius 1 is 0.679 bits per heavy atom. The largest absolute Gasteiger partial charge is 0.458 e. The fourth-order valence-corrected chi connectivity index (χ4v) is 7.38. The number of benzene rings is 4. The number of hydrogen-bond donors (Lipinski definition) is 0. The van der Waals surface area contributed by atoms with E-state index >= 15 is 0 Å². The third-order valence-corrected chi connectivity index (χ3v) is 9.87. The lowest BCUT2D eigenvalue weighted by molar-refractivity contribution is -0.611. The van der Waals surface area contributed by atoms with E-state index in [4.69, 9.17) is 9.72 Å². The standard InChI is InChI=1S/C48H54N4O/c1-32(2)22-34-24-35(23-33(3)4)26-38(25-34)51-31-50(30-45(51)48(8,9)10)37-14-13-15-39(28-37)53-40-18-19-42-41-16-11-12-17-43(41)52(44(42)29-40)46-27-36(20-21-49-46)47(5,6)7/h11-21,24-30,32-33H,22-23H2,1-10H3. The van der Waals surface area contributed by atoms with Gasteiger partial charge in [0.2, 0.25) is 0 Å². The monoisotopic (exact) mass is 702 g/mol. The van der Waals surface area contributed by atoms with Crippen LogP contribution in [0, 0.1) is 18.2 Å². The van der Waals surface area contributed by atoms with E-state index in [0.717, 1.165) is 46.9 Å². The van der Waals surface area contributed by atoms with Gasteiger partial charge in [0.15, 0.2) is 0 Å². The van der Waals surface area contributed by atoms with E-state index in [9.17, 15) is 0 Å². The van der Waals surface area contributed by atoms with Gasteiger partial charge in [0.1, 0.15) is 17.3 Å². The first-order chi connectivity index (χ1) is 25.1. The number of fused-ring (bicyclic) bond motifs is 3. The van der Waals surface area contributed by atoms with Crippen LogP contribution in [0.15, 0.2) is 109 Å². The maximum absolute atomic E-state index is 6.64. The van der Waals surface area contributed by atoms with E-state index in [-0.39, 0.29) is 10.8 Å². The first kappa shape index (κ1) is 36.2. The summed E-state index contributed by atoms with van der Waals surface area (Å²) in [6.07, 6.45) is 9.97. The first-order valence-corrected chi connectivity index (χ1v) is 19.1. The molecule has 0 atom stereocenters. The molecule has 53 heavy (non-hydrogen) atoms. The zero-order valence-electron chi connectivity index (χ0n) is 33.2. The van der Waals surface area contributed by atoms with Crippen LogP contribution in [0.3, 0.4) is 0 Å². The second-order valence-electron chi connectivity index (χ2n) is 17.6. The number of pyridine rings is 1. The van der Waals surface area contributed by atoms with E-state index in [1.165, 1.54) is 38.8 Å². The summed E-state index contributed by atoms with van der Waals surface area (Å²) in [5.74, 6) is 3.61. The summed E-state index contributed by atoms with van der Waals surface area (Å²) in [5, 5.41) is 2.36. The zero-order valence-corrected chi connectivity index (χ0v) is 33.2. The molecule has 0 saturated carbocycles. The Morgan fingerprint density at radius 2 is 1.36 bits per heavy atom. The lowest BCUT2D eigenvalue weighted by Gasteiger charge is -2.22. The van der Waals surface area contributed by atoms with Crippen LogP contribution in [0.4, 0.5) is 0 Å². The Balaban J connectivity index is 1.27. The highest BCUT2D eigenvalue weighted by molar-refractivity contribution is 6.09. The fourth-order valence-electron chi connectivity index (χ4n) is 7.38. The van der Waals surface area contributed by atoms with Crippen molar-refractivity contribution in [2.75, 3.05) is 0 Å². The molecule has 0 bridgehead atoms. The normalized spacial score (nSPS) is 12.5. The number of rotatable bonds is 9. The summed E-state index contributed by atoms with van der Waals surface area (Å²) in [6, 6.07) is 34.6. The minimum absolute atomic E-state index is 0.00823. The van der Waals surface area contributed by atoms with E-state index in [0.29, 0.717) is 11.8 Å². The molecule has 3 aromatic heterocycles. The van der Waals surface area contributed by atoms with Gasteiger partial charge in [-0.15, -0.1) is 0 Å². The molecule has 0 aliphatic carbocycles. The maximum atomic E-state index is 6.64. The SMILES string of the molecule is CC(C)Cc1cc(CC(C)C)cc(-[n+]2[c-]n(-c3cccc(Oc4ccc5c6ccccc6n(-c6cc(C(C)(C)C)ccn6)c5c4)c3)cc2C(C)(C)C)c1. The molecule has 7 aromatic rings. The van der Waals surface area contributed by atoms with Gasteiger partial charge < -0.3 is 4.74 Å². The molecule has 0 amide bonds. The van der Waals surface area contributed by atoms with Gasteiger partial charge in [-0.05, 0) is 102 Å². The predicted octanol–water partition coefficient (Wildman–Crippen LogP) is 11.8. The molecule has 0 fully saturated rings. The second-order valence-corrected chi connectivity index (χ2v) is 17.6. The van der Waals surface area contributed by atoms with Crippen molar-refractivity contribution in [3.05, 3.63) is 138 Å². The summed E-state index contributed by atoms with van der Waals surface area (Å²) in [6.45, 7) is 22.7. The smallest absolute Gasteiger partial charge is 0.269 e. The van der Waals surface area contributed by atoms with Gasteiger partial charge in [0.25, 0.3) is 6.33 Å². The van der Waals surface area contributed by atoms with Crippen molar-refractivity contribution in [1.29, 1.82) is 0 Å². The highest BCUT2D eigenvalue weighted by Crippen LogP contribution is 2.36. The molecule has 5 nitrogen and oxygen atoms in total. The fraction of sp³-hybridized carbons (Fsp3) is 0.333. The predicted molar refractivity (Wildman–Crippen MR) is 219 cm³/mol. The number of para-hydroxylation sites is 1. The van der Waals surface area contributed by atoms with Crippen molar-refractivity contribution in [1.82, 2.24) is 14.1 Å². The Kier molecular flexibility index (Phi) is 9.57. The van der Waals surface area contributed by atoms with E-state index in [1.807, 2.05) is 12.3 Å². The van der Waals surface area contributed by atoms with Gasteiger partial charge in [-0.3, -0.25) is 13.7 Å². The quantitative estimate of drug-likeness (QED) is 0.111. The molecule has 3 heterocycles. The minimum Gasteiger partial charge on any atom is -0.458 e. The van der Waals surface area contributed by atoms with Gasteiger partial charge in [0, 0.05) is 29.2 Å². The summed E-state index contributed by atoms with van der Waals surface area (Å²) in [4.78, 5) is 4.85. The number of hydrogen-bond acceptors (Lipinski definition) is 2. The molecule has 0 unspecified atom stereocenters. The highest BCUT2D eigenvalue weighted by atomic mass is 16.5. The summed E-state index contributed by atoms with van der Waals surface area (Å²) >= 11 is 0. The van der Waals surface area contributed by atoms with Crippen LogP contribution in [0.25, 0.3) is 39.0 Å². The zero-order chi connectivity index (χ0) is 37.7. The van der Waals surface area contributed by atoms with E-state index in [2.05, 4.69) is 186 Å². The van der Waals surface area contributed by atoms with Crippen LogP contribution < -0.4 is 9.30 Å². The van der Waals surface area contributed by atoms with Crippen LogP contribution in [0.1, 0.15) is 91.6 Å². The maximum Gasteiger partial charge on any atom is 0.269 e. The molecule has 5 heteroatoms. The number of imidazole rings is 1. The first-order valence-electron chi connectivity index (χ1n) is 19.1. The molecular formula is C48H54N4O. The molecule has 0 N–H and O–H groups in total. The Hall–Kier alpha value is -5.16. The third kappa shape index (κ3) is 7.67. The van der Waals surface area contributed by atoms with Crippen molar-refractivity contribution in [2.45, 2.75) is 92.9 Å². The van der Waals surface area contributed by atoms with Crippen molar-refractivity contribution < 1.29 is 9.30 Å². The lowest BCUT2D eigenvalue weighted by atomic mass is 9.88. The Bertz CT molecular complexity index is 2380. The van der Waals surface area contributed by atoms with Crippen LogP contribution in [-0.4, -0.2) is 14.1 Å². The molecule has 7 rings (SSSR count). The highest BCUT2D eigenvalue weighted by Gasteiger charge is 2.23. The van der Waals surface area contributed by atoms with E-state index in [1.54, 1.807) is 0 Å². The topological polar surface area (TPSA) is 35.9 Å². The van der Waals surface area contributed by atoms with Crippen LogP contribution >= 0.6 is 0 Å². The van der Waals surface area contributed by atoms with E-state index < -0.39 is 0 Å². The van der Waals surface area contributed by atoms with Crippen molar-refractivity contribution in [3.8, 4) is 28.7 Å². The average molecular weight is 703 g/mol. The Morgan fingerprint density at radius 3 is 2.04 bits per heavy atom. The average Bonchev–Trinajstić information content (AvgIpc) is 3.68. The van der Waals surface area contributed by atoms with Crippen LogP contribution in [0.5, 0.6) is 11.5 Å². The Labute approximate surface area is 315 Å². The minimum atomic E-state index is -0.1000. The van der Waals surface area contributed by atoms with Gasteiger partial charge in [0.05, 0.1) is 28.1 Å². The molecule has 4 aromatic carbocycles. The van der Waals surface area contributed by atoms with Gasteiger partial charge in [-0.25, -0.2) is 4.98 Å². The van der Waals surface area contributed by atoms with Gasteiger partial charge >= 0.3 is 0 Å². The molecule has 0 aliphatic rings. The van der Waals surface area contributed by atoms with Crippen molar-refractivity contribution in [3.63, 3.8) is 0 Å². The summed E-state index contributed by atoms with van der Waals surface area (Å²) in [7, 11) is 0. The van der Waals surface area contributed by atoms with Gasteiger partial charge in [-0.2, -0.15) is 0 Å². The van der Waals surface area contributed by atoms with Gasteiger partial charge in [-0.1, -0.05) is 111 Å². The number of aromatic nitrogens is 4.